The van der Waals surface area contributed by atoms with Crippen LogP contribution in [0.3, 0.4) is 0 Å². The van der Waals surface area contributed by atoms with Gasteiger partial charge in [0, 0.05) is 18.5 Å². The van der Waals surface area contributed by atoms with E-state index in [2.05, 4.69) is 10.1 Å². The summed E-state index contributed by atoms with van der Waals surface area (Å²) < 4.78 is 43.2. The second-order valence-corrected chi connectivity index (χ2v) is 12.2. The largest absolute Gasteiger partial charge is 0.619 e. The van der Waals surface area contributed by atoms with Gasteiger partial charge in [-0.15, -0.1) is 0 Å². The van der Waals surface area contributed by atoms with E-state index in [1.807, 2.05) is 6.07 Å². The van der Waals surface area contributed by atoms with Crippen molar-refractivity contribution in [2.24, 2.45) is 5.92 Å². The maximum atomic E-state index is 13.4. The first kappa shape index (κ1) is 34.9. The smallest absolute Gasteiger partial charge is 0.387 e. The van der Waals surface area contributed by atoms with E-state index in [4.69, 9.17) is 32.7 Å². The highest BCUT2D eigenvalue weighted by molar-refractivity contribution is 6.35. The van der Waals surface area contributed by atoms with Crippen molar-refractivity contribution >= 4 is 35.1 Å². The van der Waals surface area contributed by atoms with E-state index in [0.717, 1.165) is 30.8 Å². The molecule has 2 N–H and O–H groups in total. The van der Waals surface area contributed by atoms with E-state index in [0.29, 0.717) is 39.5 Å². The molecule has 4 aromatic rings. The summed E-state index contributed by atoms with van der Waals surface area (Å²) in [5, 5.41) is 24.7. The maximum Gasteiger partial charge on any atom is 0.387 e. The fourth-order valence-electron chi connectivity index (χ4n) is 5.09. The number of aliphatic carboxylic acids is 1. The van der Waals surface area contributed by atoms with Gasteiger partial charge in [-0.3, -0.25) is 14.9 Å². The van der Waals surface area contributed by atoms with Crippen molar-refractivity contribution in [1.82, 2.24) is 5.32 Å². The predicted octanol–water partition coefficient (Wildman–Crippen LogP) is 7.00. The lowest BCUT2D eigenvalue weighted by Crippen LogP contribution is -2.28. The predicted molar refractivity (Wildman–Crippen MR) is 173 cm³/mol. The van der Waals surface area contributed by atoms with Crippen molar-refractivity contribution in [3.05, 3.63) is 128 Å². The molecule has 2 atom stereocenters. The normalized spacial score (nSPS) is 13.9. The number of carboxylic acid groups (broad SMARTS) is 1. The van der Waals surface area contributed by atoms with Crippen molar-refractivity contribution in [3.8, 4) is 11.5 Å². The molecule has 0 amide bonds. The topological polar surface area (TPSA) is 121 Å². The highest BCUT2D eigenvalue weighted by Gasteiger charge is 2.27. The van der Waals surface area contributed by atoms with Gasteiger partial charge in [-0.25, -0.2) is 0 Å². The van der Waals surface area contributed by atoms with Gasteiger partial charge in [-0.05, 0) is 53.1 Å². The Morgan fingerprint density at radius 2 is 1.65 bits per heavy atom. The van der Waals surface area contributed by atoms with Crippen LogP contribution < -0.4 is 19.5 Å². The van der Waals surface area contributed by atoms with Gasteiger partial charge in [-0.1, -0.05) is 83.9 Å². The lowest BCUT2D eigenvalue weighted by molar-refractivity contribution is -0.605. The number of carbonyl (C=O) groups excluding carboxylic acids is 1. The monoisotopic (exact) mass is 700 g/mol. The number of alkyl halides is 2. The average Bonchev–Trinajstić information content (AvgIpc) is 3.87. The van der Waals surface area contributed by atoms with Crippen molar-refractivity contribution in [1.29, 1.82) is 0 Å². The Labute approximate surface area is 285 Å². The minimum absolute atomic E-state index is 0.0403. The third-order valence-electron chi connectivity index (χ3n) is 7.68. The van der Waals surface area contributed by atoms with Gasteiger partial charge in [0.1, 0.15) is 22.2 Å². The van der Waals surface area contributed by atoms with E-state index in [1.165, 1.54) is 18.2 Å². The zero-order chi connectivity index (χ0) is 34.2. The first-order valence-corrected chi connectivity index (χ1v) is 15.9. The van der Waals surface area contributed by atoms with Crippen LogP contribution in [0.5, 0.6) is 11.5 Å². The quantitative estimate of drug-likeness (QED) is 0.0728. The highest BCUT2D eigenvalue weighted by atomic mass is 35.5. The molecule has 1 aromatic heterocycles. The van der Waals surface area contributed by atoms with Crippen LogP contribution in [0.2, 0.25) is 10.0 Å². The number of hydrogen-bond acceptors (Lipinski definition) is 7. The number of benzene rings is 3. The fourth-order valence-corrected chi connectivity index (χ4v) is 5.69. The number of carboxylic acids is 1. The van der Waals surface area contributed by atoms with Crippen LogP contribution in [0.1, 0.15) is 52.8 Å². The summed E-state index contributed by atoms with van der Waals surface area (Å²) in [6.07, 6.45) is 3.00. The van der Waals surface area contributed by atoms with Gasteiger partial charge in [0.25, 0.3) is 0 Å². The fraction of sp³-hybridized carbons (Fsp3) is 0.286. The molecule has 1 heterocycles. The molecule has 0 saturated heterocycles. The van der Waals surface area contributed by atoms with Crippen molar-refractivity contribution < 1.29 is 42.4 Å². The first-order chi connectivity index (χ1) is 23.0. The molecule has 48 heavy (non-hydrogen) atoms. The Balaban J connectivity index is 1.35. The second-order valence-electron chi connectivity index (χ2n) is 11.4. The van der Waals surface area contributed by atoms with Crippen LogP contribution in [-0.4, -0.2) is 30.3 Å². The molecule has 0 spiro atoms. The Hall–Kier alpha value is -4.45. The molecule has 3 aromatic carbocycles. The molecule has 252 valence electrons. The summed E-state index contributed by atoms with van der Waals surface area (Å²) in [4.78, 5) is 25.3. The van der Waals surface area contributed by atoms with Gasteiger partial charge in [0.05, 0.1) is 13.0 Å². The SMILES string of the molecule is O=C(Cc1cccc(CNC(C(=O)O)c2ccccc2)c1)O[C@@H](Cc1c(Cl)c[n+]([O-])cc1Cl)c1ccc(OC(F)F)c(OCC2CC2)c1. The molecule has 5 rings (SSSR count). The number of ether oxygens (including phenoxy) is 3. The van der Waals surface area contributed by atoms with Crippen LogP contribution >= 0.6 is 23.2 Å². The number of nitrogens with one attached hydrogen (secondary N) is 1. The molecule has 1 saturated carbocycles. The van der Waals surface area contributed by atoms with Crippen LogP contribution in [0.25, 0.3) is 0 Å². The number of aromatic nitrogens is 1. The summed E-state index contributed by atoms with van der Waals surface area (Å²) >= 11 is 12.7. The number of pyridine rings is 1. The Bertz CT molecular complexity index is 1720. The molecular weight excluding hydrogens is 669 g/mol. The zero-order valence-electron chi connectivity index (χ0n) is 25.5. The van der Waals surface area contributed by atoms with Gasteiger partial charge in [0.2, 0.25) is 0 Å². The summed E-state index contributed by atoms with van der Waals surface area (Å²) in [5.74, 6) is -1.41. The molecule has 1 aliphatic rings. The summed E-state index contributed by atoms with van der Waals surface area (Å²) in [5.41, 5.74) is 2.72. The van der Waals surface area contributed by atoms with Crippen molar-refractivity contribution in [2.75, 3.05) is 6.61 Å². The number of rotatable bonds is 16. The lowest BCUT2D eigenvalue weighted by atomic mass is 10.0. The van der Waals surface area contributed by atoms with Gasteiger partial charge in [0.15, 0.2) is 23.9 Å². The van der Waals surface area contributed by atoms with Gasteiger partial charge < -0.3 is 24.5 Å². The van der Waals surface area contributed by atoms with Crippen LogP contribution in [0.4, 0.5) is 8.78 Å². The number of carbonyl (C=O) groups is 2. The molecule has 0 aliphatic heterocycles. The third-order valence-corrected chi connectivity index (χ3v) is 8.33. The molecule has 1 unspecified atom stereocenters. The number of nitrogens with zero attached hydrogens (tertiary/aromatic N) is 1. The Morgan fingerprint density at radius 3 is 2.31 bits per heavy atom. The molecule has 1 fully saturated rings. The lowest BCUT2D eigenvalue weighted by Gasteiger charge is -2.21. The minimum Gasteiger partial charge on any atom is -0.619 e. The summed E-state index contributed by atoms with van der Waals surface area (Å²) in [7, 11) is 0. The van der Waals surface area contributed by atoms with Crippen molar-refractivity contribution in [3.63, 3.8) is 0 Å². The van der Waals surface area contributed by atoms with Crippen molar-refractivity contribution in [2.45, 2.75) is 51.0 Å². The molecule has 9 nitrogen and oxygen atoms in total. The summed E-state index contributed by atoms with van der Waals surface area (Å²) in [6, 6.07) is 19.2. The van der Waals surface area contributed by atoms with E-state index in [1.54, 1.807) is 48.5 Å². The second kappa shape index (κ2) is 16.1. The Kier molecular flexibility index (Phi) is 11.7. The number of halogens is 4. The molecular formula is C35H32Cl2F2N2O7. The van der Waals surface area contributed by atoms with Crippen LogP contribution in [0, 0.1) is 11.1 Å². The van der Waals surface area contributed by atoms with E-state index in [9.17, 15) is 28.7 Å². The van der Waals surface area contributed by atoms with E-state index >= 15 is 0 Å². The zero-order valence-corrected chi connectivity index (χ0v) is 27.0. The Morgan fingerprint density at radius 1 is 0.938 bits per heavy atom. The van der Waals surface area contributed by atoms with Gasteiger partial charge >= 0.3 is 18.6 Å². The molecule has 0 radical (unpaired) electrons. The van der Waals surface area contributed by atoms with Crippen LogP contribution in [-0.2, 0) is 33.7 Å². The summed E-state index contributed by atoms with van der Waals surface area (Å²) in [6.45, 7) is -2.54. The van der Waals surface area contributed by atoms with Crippen LogP contribution in [0.15, 0.2) is 85.2 Å². The van der Waals surface area contributed by atoms with E-state index < -0.39 is 30.7 Å². The number of esters is 1. The van der Waals surface area contributed by atoms with E-state index in [-0.39, 0.29) is 40.9 Å². The number of hydrogen-bond donors (Lipinski definition) is 2. The highest BCUT2D eigenvalue weighted by Crippen LogP contribution is 2.38. The standard InChI is InChI=1S/C35H32Cl2F2N2O7/c36-27-18-41(45)19-28(37)26(27)16-30(25-11-12-29(48-35(38)39)31(15-25)46-20-21-9-10-21)47-32(42)14-22-5-4-6-23(13-22)17-40-33(34(43)44)24-7-2-1-3-8-24/h1-8,11-13,15,18-19,21,30,33,35,40H,9-10,14,16-17,20H2,(H,43,44)/t30-,33?/m0/s1. The first-order valence-electron chi connectivity index (χ1n) is 15.1. The average molecular weight is 702 g/mol. The minimum atomic E-state index is -3.08. The third kappa shape index (κ3) is 9.79. The molecule has 1 aliphatic carbocycles. The maximum absolute atomic E-state index is 13.4. The van der Waals surface area contributed by atoms with Gasteiger partial charge in [-0.2, -0.15) is 13.5 Å². The molecule has 13 heteroatoms. The molecule has 0 bridgehead atoms.